The second-order valence-corrected chi connectivity index (χ2v) is 3.63. The highest BCUT2D eigenvalue weighted by Crippen LogP contribution is 2.17. The van der Waals surface area contributed by atoms with Crippen LogP contribution in [-0.2, 0) is 0 Å². The molecule has 0 aliphatic carbocycles. The monoisotopic (exact) mass is 294 g/mol. The van der Waals surface area contributed by atoms with E-state index < -0.39 is 11.8 Å². The zero-order valence-electron chi connectivity index (χ0n) is 8.11. The first kappa shape index (κ1) is 12.7. The van der Waals surface area contributed by atoms with Gasteiger partial charge in [-0.05, 0) is 39.5 Å². The second kappa shape index (κ2) is 5.66. The fourth-order valence-corrected chi connectivity index (χ4v) is 1.53. The largest absolute Gasteiger partial charge is 0.287 e. The lowest BCUT2D eigenvalue weighted by Gasteiger charge is -2.00. The molecule has 9 heteroatoms. The third-order valence-corrected chi connectivity index (χ3v) is 2.12. The molecular weight excluding hydrogens is 292 g/mol. The number of carbonyl (C=O) groups is 2. The number of benzene rings is 1. The van der Waals surface area contributed by atoms with E-state index in [1.165, 1.54) is 18.2 Å². The summed E-state index contributed by atoms with van der Waals surface area (Å²) in [7, 11) is 0. The minimum atomic E-state index is -0.830. The Bertz CT molecular complexity index is 537. The zero-order chi connectivity index (χ0) is 12.8. The summed E-state index contributed by atoms with van der Waals surface area (Å²) in [4.78, 5) is 27.2. The third kappa shape index (κ3) is 3.32. The van der Waals surface area contributed by atoms with Gasteiger partial charge in [-0.1, -0.05) is 15.9 Å². The van der Waals surface area contributed by atoms with E-state index in [2.05, 4.69) is 36.0 Å². The lowest BCUT2D eigenvalue weighted by molar-refractivity contribution is 0.0999. The van der Waals surface area contributed by atoms with Gasteiger partial charge in [-0.3, -0.25) is 9.59 Å². The SMILES string of the molecule is [N-]=[N+]=NC(=O)c1cc(Br)cc(C(=O)N=[N+]=[N-])c1. The quantitative estimate of drug-likeness (QED) is 0.470. The molecule has 8 nitrogen and oxygen atoms in total. The summed E-state index contributed by atoms with van der Waals surface area (Å²) in [6.07, 6.45) is 0. The third-order valence-electron chi connectivity index (χ3n) is 1.66. The summed E-state index contributed by atoms with van der Waals surface area (Å²) in [6.45, 7) is 0. The molecular formula is C8H3BrN6O2. The first-order valence-corrected chi connectivity index (χ1v) is 4.87. The van der Waals surface area contributed by atoms with E-state index in [0.29, 0.717) is 4.47 Å². The highest BCUT2D eigenvalue weighted by Gasteiger charge is 2.10. The van der Waals surface area contributed by atoms with Gasteiger partial charge in [0.1, 0.15) is 0 Å². The van der Waals surface area contributed by atoms with Gasteiger partial charge >= 0.3 is 0 Å². The van der Waals surface area contributed by atoms with Gasteiger partial charge in [-0.2, -0.15) is 0 Å². The summed E-state index contributed by atoms with van der Waals surface area (Å²) in [5.41, 5.74) is 16.3. The van der Waals surface area contributed by atoms with Crippen LogP contribution < -0.4 is 0 Å². The molecule has 84 valence electrons. The van der Waals surface area contributed by atoms with Crippen molar-refractivity contribution in [2.45, 2.75) is 0 Å². The molecule has 0 fully saturated rings. The molecule has 2 amide bonds. The number of halogens is 1. The highest BCUT2D eigenvalue weighted by atomic mass is 79.9. The van der Waals surface area contributed by atoms with Crippen molar-refractivity contribution in [3.63, 3.8) is 0 Å². The molecule has 0 saturated carbocycles. The predicted molar refractivity (Wildman–Crippen MR) is 61.1 cm³/mol. The lowest BCUT2D eigenvalue weighted by Crippen LogP contribution is -1.99. The number of hydrogen-bond acceptors (Lipinski definition) is 2. The molecule has 0 aromatic heterocycles. The van der Waals surface area contributed by atoms with E-state index >= 15 is 0 Å². The number of azide groups is 2. The van der Waals surface area contributed by atoms with E-state index in [0.717, 1.165) is 0 Å². The average Bonchev–Trinajstić information content (AvgIpc) is 2.29. The van der Waals surface area contributed by atoms with Crippen molar-refractivity contribution < 1.29 is 9.59 Å². The minimum Gasteiger partial charge on any atom is -0.287 e. The van der Waals surface area contributed by atoms with Crippen LogP contribution in [0.4, 0.5) is 0 Å². The number of nitrogens with zero attached hydrogens (tertiary/aromatic N) is 6. The number of amides is 2. The van der Waals surface area contributed by atoms with Crippen LogP contribution >= 0.6 is 15.9 Å². The number of carbonyl (C=O) groups excluding carboxylic acids is 2. The lowest BCUT2D eigenvalue weighted by atomic mass is 10.1. The van der Waals surface area contributed by atoms with Crippen LogP contribution in [0.2, 0.25) is 0 Å². The van der Waals surface area contributed by atoms with Crippen molar-refractivity contribution in [3.8, 4) is 0 Å². The van der Waals surface area contributed by atoms with Gasteiger partial charge in [0.25, 0.3) is 0 Å². The standard InChI is InChI=1S/C8H3BrN6O2/c9-6-2-4(7(16)12-14-10)1-5(3-6)8(17)13-15-11/h1-3H. The Labute approximate surface area is 103 Å². The molecule has 0 aliphatic heterocycles. The molecule has 0 radical (unpaired) electrons. The van der Waals surface area contributed by atoms with Crippen molar-refractivity contribution in [2.75, 3.05) is 0 Å². The van der Waals surface area contributed by atoms with E-state index in [1.807, 2.05) is 0 Å². The fraction of sp³-hybridized carbons (Fsp3) is 0. The van der Waals surface area contributed by atoms with Crippen LogP contribution in [0.25, 0.3) is 20.9 Å². The van der Waals surface area contributed by atoms with Crippen LogP contribution in [-0.4, -0.2) is 11.8 Å². The molecule has 0 heterocycles. The summed E-state index contributed by atoms with van der Waals surface area (Å²) in [5.74, 6) is -1.66. The second-order valence-electron chi connectivity index (χ2n) is 2.72. The van der Waals surface area contributed by atoms with Crippen LogP contribution in [0.5, 0.6) is 0 Å². The fourth-order valence-electron chi connectivity index (χ4n) is 1.03. The Morgan fingerprint density at radius 3 is 1.76 bits per heavy atom. The normalized spacial score (nSPS) is 8.76. The maximum absolute atomic E-state index is 11.3. The van der Waals surface area contributed by atoms with Gasteiger partial charge in [0.2, 0.25) is 11.8 Å². The van der Waals surface area contributed by atoms with E-state index in [1.54, 1.807) is 0 Å². The average molecular weight is 295 g/mol. The smallest absolute Gasteiger partial charge is 0.249 e. The molecule has 0 saturated heterocycles. The molecule has 17 heavy (non-hydrogen) atoms. The molecule has 0 unspecified atom stereocenters. The molecule has 0 bridgehead atoms. The summed E-state index contributed by atoms with van der Waals surface area (Å²) in [5, 5.41) is 5.78. The topological polar surface area (TPSA) is 132 Å². The van der Waals surface area contributed by atoms with Crippen molar-refractivity contribution in [1.29, 1.82) is 0 Å². The summed E-state index contributed by atoms with van der Waals surface area (Å²) in [6, 6.07) is 3.94. The molecule has 0 spiro atoms. The van der Waals surface area contributed by atoms with Crippen molar-refractivity contribution in [1.82, 2.24) is 0 Å². The molecule has 0 aliphatic rings. The van der Waals surface area contributed by atoms with E-state index in [-0.39, 0.29) is 11.1 Å². The van der Waals surface area contributed by atoms with Crippen molar-refractivity contribution >= 4 is 27.7 Å². The minimum absolute atomic E-state index is 0.0219. The van der Waals surface area contributed by atoms with Gasteiger partial charge in [0.15, 0.2) is 0 Å². The van der Waals surface area contributed by atoms with Crippen molar-refractivity contribution in [3.05, 3.63) is 54.7 Å². The Morgan fingerprint density at radius 2 is 1.41 bits per heavy atom. The molecule has 1 rings (SSSR count). The summed E-state index contributed by atoms with van der Waals surface area (Å²) >= 11 is 3.08. The predicted octanol–water partition coefficient (Wildman–Crippen LogP) is 3.35. The van der Waals surface area contributed by atoms with Crippen LogP contribution in [0.3, 0.4) is 0 Å². The van der Waals surface area contributed by atoms with Crippen LogP contribution in [0.1, 0.15) is 20.7 Å². The maximum Gasteiger partial charge on any atom is 0.249 e. The Balaban J connectivity index is 3.28. The maximum atomic E-state index is 11.3. The number of rotatable bonds is 2. The zero-order valence-corrected chi connectivity index (χ0v) is 9.70. The summed E-state index contributed by atoms with van der Waals surface area (Å²) < 4.78 is 0.424. The van der Waals surface area contributed by atoms with E-state index in [4.69, 9.17) is 11.1 Å². The Kier molecular flexibility index (Phi) is 4.24. The van der Waals surface area contributed by atoms with Gasteiger partial charge < -0.3 is 0 Å². The van der Waals surface area contributed by atoms with Crippen LogP contribution in [0, 0.1) is 0 Å². The molecule has 1 aromatic rings. The molecule has 1 aromatic carbocycles. The highest BCUT2D eigenvalue weighted by molar-refractivity contribution is 9.10. The van der Waals surface area contributed by atoms with Gasteiger partial charge in [0, 0.05) is 25.4 Å². The molecule has 0 atom stereocenters. The van der Waals surface area contributed by atoms with Crippen LogP contribution in [0.15, 0.2) is 32.9 Å². The molecule has 0 N–H and O–H groups in total. The van der Waals surface area contributed by atoms with Gasteiger partial charge in [-0.15, -0.1) is 0 Å². The van der Waals surface area contributed by atoms with Gasteiger partial charge in [-0.25, -0.2) is 0 Å². The Hall–Kier alpha value is -2.34. The number of hydrogen-bond donors (Lipinski definition) is 0. The van der Waals surface area contributed by atoms with Gasteiger partial charge in [0.05, 0.1) is 0 Å². The first-order valence-electron chi connectivity index (χ1n) is 4.08. The van der Waals surface area contributed by atoms with Crippen molar-refractivity contribution in [2.24, 2.45) is 10.2 Å². The first-order chi connectivity index (χ1) is 8.08. The van der Waals surface area contributed by atoms with E-state index in [9.17, 15) is 9.59 Å². The Morgan fingerprint density at radius 1 is 1.00 bits per heavy atom.